The third kappa shape index (κ3) is 3.09. The maximum atomic E-state index is 5.91. The molecule has 0 saturated carbocycles. The Hall–Kier alpha value is -2.11. The molecular formula is C19H23N3O2. The maximum absolute atomic E-state index is 5.91. The zero-order valence-corrected chi connectivity index (χ0v) is 14.2. The van der Waals surface area contributed by atoms with Crippen LogP contribution in [-0.4, -0.2) is 22.9 Å². The predicted octanol–water partition coefficient (Wildman–Crippen LogP) is 3.34. The van der Waals surface area contributed by atoms with Gasteiger partial charge in [0, 0.05) is 43.3 Å². The molecule has 1 aromatic carbocycles. The number of aryl methyl sites for hydroxylation is 2. The van der Waals surface area contributed by atoms with E-state index in [-0.39, 0.29) is 6.10 Å². The largest absolute Gasteiger partial charge is 0.460 e. The van der Waals surface area contributed by atoms with Crippen molar-refractivity contribution in [3.63, 3.8) is 0 Å². The smallest absolute Gasteiger partial charge is 0.134 e. The minimum atomic E-state index is 0.143. The molecule has 126 valence electrons. The van der Waals surface area contributed by atoms with Gasteiger partial charge in [-0.2, -0.15) is 5.10 Å². The number of hydrogen-bond acceptors (Lipinski definition) is 4. The molecule has 1 saturated heterocycles. The molecule has 24 heavy (non-hydrogen) atoms. The molecule has 0 spiro atoms. The first-order chi connectivity index (χ1) is 11.7. The van der Waals surface area contributed by atoms with E-state index in [1.165, 1.54) is 16.5 Å². The zero-order chi connectivity index (χ0) is 16.5. The van der Waals surface area contributed by atoms with Crippen LogP contribution < -0.4 is 5.32 Å². The van der Waals surface area contributed by atoms with E-state index in [1.807, 2.05) is 30.2 Å². The molecule has 0 bridgehead atoms. The van der Waals surface area contributed by atoms with Gasteiger partial charge in [-0.1, -0.05) is 11.6 Å². The third-order valence-electron chi connectivity index (χ3n) is 4.70. The lowest BCUT2D eigenvalue weighted by molar-refractivity contribution is 0.0903. The Labute approximate surface area is 141 Å². The number of ether oxygens (including phenoxy) is 1. The Bertz CT molecular complexity index is 836. The third-order valence-corrected chi connectivity index (χ3v) is 4.70. The Morgan fingerprint density at radius 1 is 1.33 bits per heavy atom. The summed E-state index contributed by atoms with van der Waals surface area (Å²) in [5.74, 6) is 1.45. The summed E-state index contributed by atoms with van der Waals surface area (Å²) >= 11 is 0. The van der Waals surface area contributed by atoms with Crippen molar-refractivity contribution in [1.29, 1.82) is 0 Å². The molecule has 0 unspecified atom stereocenters. The van der Waals surface area contributed by atoms with Gasteiger partial charge in [-0.15, -0.1) is 0 Å². The second-order valence-corrected chi connectivity index (χ2v) is 6.67. The van der Waals surface area contributed by atoms with Gasteiger partial charge in [-0.3, -0.25) is 4.68 Å². The van der Waals surface area contributed by atoms with Gasteiger partial charge in [0.15, 0.2) is 0 Å². The van der Waals surface area contributed by atoms with E-state index in [0.29, 0.717) is 5.92 Å². The monoisotopic (exact) mass is 325 g/mol. The summed E-state index contributed by atoms with van der Waals surface area (Å²) in [6.07, 6.45) is 5.17. The molecular weight excluding hydrogens is 302 g/mol. The fourth-order valence-corrected chi connectivity index (χ4v) is 3.48. The molecule has 5 heteroatoms. The van der Waals surface area contributed by atoms with E-state index in [4.69, 9.17) is 9.15 Å². The molecule has 0 radical (unpaired) electrons. The summed E-state index contributed by atoms with van der Waals surface area (Å²) in [6.45, 7) is 4.57. The lowest BCUT2D eigenvalue weighted by Crippen LogP contribution is -2.24. The summed E-state index contributed by atoms with van der Waals surface area (Å²) < 4.78 is 13.6. The average Bonchev–Trinajstić information content (AvgIpc) is 3.26. The van der Waals surface area contributed by atoms with Crippen molar-refractivity contribution in [2.24, 2.45) is 13.0 Å². The number of furan rings is 1. The van der Waals surface area contributed by atoms with Crippen molar-refractivity contribution >= 4 is 11.0 Å². The molecule has 1 aliphatic heterocycles. The highest BCUT2D eigenvalue weighted by Crippen LogP contribution is 2.33. The molecule has 1 fully saturated rings. The minimum absolute atomic E-state index is 0.143. The van der Waals surface area contributed by atoms with E-state index in [9.17, 15) is 0 Å². The zero-order valence-electron chi connectivity index (χ0n) is 14.2. The van der Waals surface area contributed by atoms with E-state index in [0.717, 1.165) is 37.5 Å². The first-order valence-corrected chi connectivity index (χ1v) is 8.49. The second kappa shape index (κ2) is 6.42. The van der Waals surface area contributed by atoms with Crippen LogP contribution in [0.25, 0.3) is 11.0 Å². The molecule has 4 rings (SSSR count). The molecule has 3 aromatic rings. The number of aromatic nitrogens is 2. The Balaban J connectivity index is 1.37. The lowest BCUT2D eigenvalue weighted by atomic mass is 9.97. The fourth-order valence-electron chi connectivity index (χ4n) is 3.48. The van der Waals surface area contributed by atoms with Crippen LogP contribution in [0.15, 0.2) is 41.1 Å². The first-order valence-electron chi connectivity index (χ1n) is 8.49. The quantitative estimate of drug-likeness (QED) is 0.782. The summed E-state index contributed by atoms with van der Waals surface area (Å²) in [5, 5.41) is 8.95. The van der Waals surface area contributed by atoms with Gasteiger partial charge in [0.05, 0.1) is 18.8 Å². The highest BCUT2D eigenvalue weighted by molar-refractivity contribution is 5.78. The molecule has 1 N–H and O–H groups in total. The van der Waals surface area contributed by atoms with E-state index in [2.05, 4.69) is 35.5 Å². The van der Waals surface area contributed by atoms with Gasteiger partial charge >= 0.3 is 0 Å². The van der Waals surface area contributed by atoms with Crippen molar-refractivity contribution in [1.82, 2.24) is 15.1 Å². The topological polar surface area (TPSA) is 52.2 Å². The number of fused-ring (bicyclic) bond motifs is 1. The van der Waals surface area contributed by atoms with Gasteiger partial charge in [0.2, 0.25) is 0 Å². The number of nitrogens with zero attached hydrogens (tertiary/aromatic N) is 2. The molecule has 1 aliphatic rings. The summed E-state index contributed by atoms with van der Waals surface area (Å²) in [6, 6.07) is 8.40. The highest BCUT2D eigenvalue weighted by Gasteiger charge is 2.30. The van der Waals surface area contributed by atoms with Crippen LogP contribution in [0.1, 0.15) is 29.4 Å². The fraction of sp³-hybridized carbons (Fsp3) is 0.421. The number of benzene rings is 1. The molecule has 0 aliphatic carbocycles. The Morgan fingerprint density at radius 2 is 2.25 bits per heavy atom. The van der Waals surface area contributed by atoms with E-state index >= 15 is 0 Å². The minimum Gasteiger partial charge on any atom is -0.460 e. The van der Waals surface area contributed by atoms with E-state index < -0.39 is 0 Å². The summed E-state index contributed by atoms with van der Waals surface area (Å²) in [5.41, 5.74) is 3.38. The van der Waals surface area contributed by atoms with Gasteiger partial charge in [0.25, 0.3) is 0 Å². The molecule has 2 atom stereocenters. The molecule has 2 aromatic heterocycles. The average molecular weight is 325 g/mol. The Morgan fingerprint density at radius 3 is 3.08 bits per heavy atom. The van der Waals surface area contributed by atoms with Crippen LogP contribution in [0.3, 0.4) is 0 Å². The highest BCUT2D eigenvalue weighted by atomic mass is 16.5. The SMILES string of the molecule is Cc1ccc2oc(CNC[C@H]3CCO[C@@H]3c3cnn(C)c3)cc2c1. The van der Waals surface area contributed by atoms with Gasteiger partial charge in [-0.25, -0.2) is 0 Å². The first kappa shape index (κ1) is 15.4. The van der Waals surface area contributed by atoms with Crippen LogP contribution in [-0.2, 0) is 18.3 Å². The molecule has 3 heterocycles. The van der Waals surface area contributed by atoms with Crippen molar-refractivity contribution in [3.05, 3.63) is 53.5 Å². The van der Waals surface area contributed by atoms with E-state index in [1.54, 1.807) is 0 Å². The predicted molar refractivity (Wildman–Crippen MR) is 92.7 cm³/mol. The standard InChI is InChI=1S/C19H23N3O2/c1-13-3-4-18-15(7-13)8-17(24-18)11-20-9-14-5-6-23-19(14)16-10-21-22(2)12-16/h3-4,7-8,10,12,14,19-20H,5-6,9,11H2,1-2H3/t14-,19+/m1/s1. The van der Waals surface area contributed by atoms with Crippen molar-refractivity contribution in [2.45, 2.75) is 26.0 Å². The number of rotatable bonds is 5. The maximum Gasteiger partial charge on any atom is 0.134 e. The summed E-state index contributed by atoms with van der Waals surface area (Å²) in [7, 11) is 1.94. The van der Waals surface area contributed by atoms with Crippen LogP contribution in [0.4, 0.5) is 0 Å². The second-order valence-electron chi connectivity index (χ2n) is 6.67. The van der Waals surface area contributed by atoms with Gasteiger partial charge in [0.1, 0.15) is 11.3 Å². The van der Waals surface area contributed by atoms with Crippen molar-refractivity contribution in [3.8, 4) is 0 Å². The normalized spacial score (nSPS) is 20.9. The lowest BCUT2D eigenvalue weighted by Gasteiger charge is -2.17. The molecule has 0 amide bonds. The Kier molecular flexibility index (Phi) is 4.12. The van der Waals surface area contributed by atoms with Crippen LogP contribution in [0.5, 0.6) is 0 Å². The number of nitrogens with one attached hydrogen (secondary N) is 1. The summed E-state index contributed by atoms with van der Waals surface area (Å²) in [4.78, 5) is 0. The van der Waals surface area contributed by atoms with Gasteiger partial charge in [-0.05, 0) is 31.5 Å². The van der Waals surface area contributed by atoms with Crippen LogP contribution >= 0.6 is 0 Å². The van der Waals surface area contributed by atoms with Crippen LogP contribution in [0.2, 0.25) is 0 Å². The molecule has 5 nitrogen and oxygen atoms in total. The van der Waals surface area contributed by atoms with Crippen molar-refractivity contribution in [2.75, 3.05) is 13.2 Å². The van der Waals surface area contributed by atoms with Crippen LogP contribution in [0, 0.1) is 12.8 Å². The number of hydrogen-bond donors (Lipinski definition) is 1. The van der Waals surface area contributed by atoms with Gasteiger partial charge < -0.3 is 14.5 Å². The van der Waals surface area contributed by atoms with Crippen molar-refractivity contribution < 1.29 is 9.15 Å².